The van der Waals surface area contributed by atoms with Crippen LogP contribution in [0.4, 0.5) is 4.79 Å². The molecule has 7 nitrogen and oxygen atoms in total. The van der Waals surface area contributed by atoms with Crippen LogP contribution in [0.15, 0.2) is 0 Å². The molecule has 146 valence electrons. The van der Waals surface area contributed by atoms with E-state index in [4.69, 9.17) is 24.0 Å². The quantitative estimate of drug-likeness (QED) is 0.664. The van der Waals surface area contributed by atoms with E-state index in [2.05, 4.69) is 0 Å². The fourth-order valence-corrected chi connectivity index (χ4v) is 5.48. The van der Waals surface area contributed by atoms with Crippen LogP contribution in [0.2, 0.25) is 0 Å². The van der Waals surface area contributed by atoms with Gasteiger partial charge in [0.25, 0.3) is 0 Å². The van der Waals surface area contributed by atoms with Crippen molar-refractivity contribution in [3.05, 3.63) is 0 Å². The molecule has 6 fully saturated rings. The lowest BCUT2D eigenvalue weighted by Crippen LogP contribution is -2.51. The van der Waals surface area contributed by atoms with E-state index >= 15 is 0 Å². The molecule has 1 amide bonds. The Morgan fingerprint density at radius 1 is 1.00 bits per heavy atom. The van der Waals surface area contributed by atoms with Gasteiger partial charge in [-0.25, -0.2) is 4.79 Å². The third kappa shape index (κ3) is 3.03. The van der Waals surface area contributed by atoms with E-state index in [0.29, 0.717) is 44.6 Å². The van der Waals surface area contributed by atoms with Crippen LogP contribution in [0.25, 0.3) is 0 Å². The van der Waals surface area contributed by atoms with Crippen LogP contribution in [-0.2, 0) is 24.0 Å². The maximum atomic E-state index is 12.4. The molecule has 0 aromatic carbocycles. The van der Waals surface area contributed by atoms with E-state index in [9.17, 15) is 4.79 Å². The molecule has 2 saturated heterocycles. The fraction of sp³-hybridized carbons (Fsp3) is 0.947. The smallest absolute Gasteiger partial charge is 0.410 e. The van der Waals surface area contributed by atoms with E-state index < -0.39 is 11.6 Å². The number of ether oxygens (including phenoxy) is 3. The molecular weight excluding hydrogens is 338 g/mol. The summed E-state index contributed by atoms with van der Waals surface area (Å²) in [5.74, 6) is -0.177. The predicted molar refractivity (Wildman–Crippen MR) is 89.9 cm³/mol. The second kappa shape index (κ2) is 6.62. The molecular formula is C19H29NO6. The van der Waals surface area contributed by atoms with Crippen molar-refractivity contribution in [2.75, 3.05) is 26.3 Å². The Labute approximate surface area is 154 Å². The maximum Gasteiger partial charge on any atom is 0.410 e. The van der Waals surface area contributed by atoms with E-state index in [1.54, 1.807) is 4.90 Å². The Morgan fingerprint density at radius 3 is 2.54 bits per heavy atom. The Kier molecular flexibility index (Phi) is 4.38. The summed E-state index contributed by atoms with van der Waals surface area (Å²) in [5, 5.41) is 0. The number of amides is 1. The first-order chi connectivity index (χ1) is 12.7. The average molecular weight is 367 g/mol. The van der Waals surface area contributed by atoms with Crippen molar-refractivity contribution in [3.63, 3.8) is 0 Å². The molecule has 26 heavy (non-hydrogen) atoms. The Balaban J connectivity index is 1.22. The molecule has 0 aromatic rings. The van der Waals surface area contributed by atoms with Gasteiger partial charge in [-0.1, -0.05) is 0 Å². The molecule has 4 saturated carbocycles. The van der Waals surface area contributed by atoms with Crippen LogP contribution in [0, 0.1) is 11.8 Å². The highest BCUT2D eigenvalue weighted by Gasteiger charge is 2.61. The minimum absolute atomic E-state index is 0.182. The topological polar surface area (TPSA) is 66.5 Å². The third-order valence-electron chi connectivity index (χ3n) is 6.89. The molecule has 6 rings (SSSR count). The normalized spacial score (nSPS) is 45.4. The van der Waals surface area contributed by atoms with Crippen LogP contribution in [0.3, 0.4) is 0 Å². The molecule has 2 bridgehead atoms. The minimum atomic E-state index is -0.744. The van der Waals surface area contributed by atoms with Gasteiger partial charge in [-0.2, -0.15) is 9.78 Å². The summed E-state index contributed by atoms with van der Waals surface area (Å²) in [5.41, 5.74) is 0. The van der Waals surface area contributed by atoms with Crippen LogP contribution >= 0.6 is 0 Å². The largest absolute Gasteiger partial charge is 0.446 e. The van der Waals surface area contributed by atoms with Gasteiger partial charge >= 0.3 is 6.09 Å². The molecule has 0 radical (unpaired) electrons. The van der Waals surface area contributed by atoms with Gasteiger partial charge in [-0.15, -0.1) is 0 Å². The molecule has 3 unspecified atom stereocenters. The standard InChI is InChI=1S/C19H29NO6/c21-17(20-8-10-22-11-9-20)23-16-2-1-7-18(13-16)24-19(26-25-18)12-14-3-5-15(19)6-4-14/h14-16H,1-13H2. The zero-order valence-electron chi connectivity index (χ0n) is 15.3. The van der Waals surface area contributed by atoms with Crippen LogP contribution in [0.1, 0.15) is 57.8 Å². The van der Waals surface area contributed by atoms with Crippen LogP contribution in [-0.4, -0.2) is 55.0 Å². The summed E-state index contributed by atoms with van der Waals surface area (Å²) in [6.07, 6.45) is 8.53. The van der Waals surface area contributed by atoms with E-state index in [0.717, 1.165) is 25.7 Å². The summed E-state index contributed by atoms with van der Waals surface area (Å²) in [7, 11) is 0. The zero-order valence-corrected chi connectivity index (χ0v) is 15.3. The first kappa shape index (κ1) is 17.2. The van der Waals surface area contributed by atoms with Gasteiger partial charge in [0, 0.05) is 38.3 Å². The summed E-state index contributed by atoms with van der Waals surface area (Å²) in [4.78, 5) is 25.9. The lowest BCUT2D eigenvalue weighted by atomic mass is 9.67. The van der Waals surface area contributed by atoms with Crippen LogP contribution < -0.4 is 0 Å². The summed E-state index contributed by atoms with van der Waals surface area (Å²) < 4.78 is 17.6. The molecule has 4 aliphatic carbocycles. The highest BCUT2D eigenvalue weighted by molar-refractivity contribution is 5.67. The third-order valence-corrected chi connectivity index (χ3v) is 6.89. The van der Waals surface area contributed by atoms with Crippen LogP contribution in [0.5, 0.6) is 0 Å². The fourth-order valence-electron chi connectivity index (χ4n) is 5.48. The number of morpholine rings is 1. The molecule has 2 heterocycles. The van der Waals surface area contributed by atoms with Gasteiger partial charge in [0.05, 0.1) is 13.2 Å². The second-order valence-corrected chi connectivity index (χ2v) is 8.61. The van der Waals surface area contributed by atoms with Gasteiger partial charge in [0.2, 0.25) is 11.6 Å². The average Bonchev–Trinajstić information content (AvgIpc) is 3.00. The van der Waals surface area contributed by atoms with Crippen molar-refractivity contribution in [1.82, 2.24) is 4.90 Å². The Hall–Kier alpha value is -0.890. The predicted octanol–water partition coefficient (Wildman–Crippen LogP) is 2.98. The van der Waals surface area contributed by atoms with E-state index in [-0.39, 0.29) is 12.2 Å². The number of carbonyl (C=O) groups excluding carboxylic acids is 1. The molecule has 0 aromatic heterocycles. The lowest BCUT2D eigenvalue weighted by molar-refractivity contribution is -0.374. The van der Waals surface area contributed by atoms with Crippen molar-refractivity contribution >= 4 is 6.09 Å². The summed E-state index contributed by atoms with van der Waals surface area (Å²) >= 11 is 0. The van der Waals surface area contributed by atoms with E-state index in [1.165, 1.54) is 25.7 Å². The highest BCUT2D eigenvalue weighted by Crippen LogP contribution is 2.56. The zero-order chi connectivity index (χ0) is 17.6. The van der Waals surface area contributed by atoms with Crippen molar-refractivity contribution < 1.29 is 28.8 Å². The summed E-state index contributed by atoms with van der Waals surface area (Å²) in [6, 6.07) is 0. The summed E-state index contributed by atoms with van der Waals surface area (Å²) in [6.45, 7) is 2.35. The van der Waals surface area contributed by atoms with Crippen molar-refractivity contribution in [3.8, 4) is 0 Å². The molecule has 7 heteroatoms. The van der Waals surface area contributed by atoms with Gasteiger partial charge in [0.15, 0.2) is 0 Å². The first-order valence-electron chi connectivity index (χ1n) is 10.3. The van der Waals surface area contributed by atoms with Gasteiger partial charge in [-0.05, 0) is 44.4 Å². The number of nitrogens with zero attached hydrogens (tertiary/aromatic N) is 1. The molecule has 2 aliphatic heterocycles. The van der Waals surface area contributed by atoms with Crippen molar-refractivity contribution in [1.29, 1.82) is 0 Å². The minimum Gasteiger partial charge on any atom is -0.446 e. The molecule has 3 atom stereocenters. The highest BCUT2D eigenvalue weighted by atomic mass is 17.3. The number of hydrogen-bond acceptors (Lipinski definition) is 6. The molecule has 6 aliphatic rings. The number of rotatable bonds is 1. The maximum absolute atomic E-state index is 12.4. The van der Waals surface area contributed by atoms with Gasteiger partial charge < -0.3 is 19.1 Å². The number of carbonyl (C=O) groups is 1. The van der Waals surface area contributed by atoms with Gasteiger partial charge in [0.1, 0.15) is 6.10 Å². The second-order valence-electron chi connectivity index (χ2n) is 8.61. The van der Waals surface area contributed by atoms with Crippen molar-refractivity contribution in [2.45, 2.75) is 75.5 Å². The lowest BCUT2D eigenvalue weighted by Gasteiger charge is -2.47. The first-order valence-corrected chi connectivity index (χ1v) is 10.3. The Morgan fingerprint density at radius 2 is 1.81 bits per heavy atom. The monoisotopic (exact) mass is 367 g/mol. The molecule has 0 N–H and O–H groups in total. The Bertz CT molecular complexity index is 544. The van der Waals surface area contributed by atoms with Crippen molar-refractivity contribution in [2.24, 2.45) is 11.8 Å². The molecule has 2 spiro atoms. The van der Waals surface area contributed by atoms with E-state index in [1.807, 2.05) is 0 Å². The number of fused-ring (bicyclic) bond motifs is 2. The number of hydrogen-bond donors (Lipinski definition) is 0. The van der Waals surface area contributed by atoms with Gasteiger partial charge in [-0.3, -0.25) is 0 Å². The SMILES string of the molecule is O=C(OC1CCCC2(C1)OOC1(CC3CCC1CC3)O2)N1CCOCC1.